The van der Waals surface area contributed by atoms with Crippen LogP contribution in [0.4, 0.5) is 0 Å². The molecule has 2 fully saturated rings. The summed E-state index contributed by atoms with van der Waals surface area (Å²) in [6.07, 6.45) is -14.3. The average Bonchev–Trinajstić information content (AvgIpc) is 2.59. The molecule has 0 aromatic carbocycles. The predicted octanol–water partition coefficient (Wildman–Crippen LogP) is -4.74. The van der Waals surface area contributed by atoms with Crippen molar-refractivity contribution in [1.82, 2.24) is 0 Å². The van der Waals surface area contributed by atoms with E-state index in [1.807, 2.05) is 0 Å². The van der Waals surface area contributed by atoms with Crippen molar-refractivity contribution in [1.29, 1.82) is 0 Å². The monoisotopic (exact) mass is 356 g/mol. The minimum absolute atomic E-state index is 0.565. The van der Waals surface area contributed by atoms with Gasteiger partial charge in [0, 0.05) is 7.11 Å². The summed E-state index contributed by atoms with van der Waals surface area (Å²) in [6.45, 7) is -1.21. The molecule has 0 radical (unpaired) electrons. The van der Waals surface area contributed by atoms with Gasteiger partial charge >= 0.3 is 0 Å². The molecule has 11 nitrogen and oxygen atoms in total. The second-order valence-corrected chi connectivity index (χ2v) is 5.74. The Kier molecular flexibility index (Phi) is 6.87. The second kappa shape index (κ2) is 8.29. The summed E-state index contributed by atoms with van der Waals surface area (Å²) in [6, 6.07) is 0. The fraction of sp³-hybridized carbons (Fsp3) is 1.00. The summed E-state index contributed by atoms with van der Waals surface area (Å²) >= 11 is 0. The van der Waals surface area contributed by atoms with Gasteiger partial charge < -0.3 is 54.7 Å². The van der Waals surface area contributed by atoms with Gasteiger partial charge in [0.25, 0.3) is 0 Å². The summed E-state index contributed by atoms with van der Waals surface area (Å²) in [5, 5.41) is 67.8. The molecule has 0 bridgehead atoms. The van der Waals surface area contributed by atoms with E-state index in [-0.39, 0.29) is 0 Å². The topological polar surface area (TPSA) is 179 Å². The third kappa shape index (κ3) is 3.71. The van der Waals surface area contributed by atoms with Crippen LogP contribution in [0.2, 0.25) is 0 Å². The molecule has 2 heterocycles. The molecule has 11 heteroatoms. The highest BCUT2D eigenvalue weighted by Gasteiger charge is 2.50. The van der Waals surface area contributed by atoms with Crippen molar-refractivity contribution in [2.75, 3.05) is 20.3 Å². The van der Waals surface area contributed by atoms with E-state index in [4.69, 9.17) is 29.2 Å². The van der Waals surface area contributed by atoms with E-state index < -0.39 is 74.6 Å². The van der Waals surface area contributed by atoms with Crippen LogP contribution in [0.15, 0.2) is 0 Å². The van der Waals surface area contributed by atoms with E-state index in [1.54, 1.807) is 0 Å². The highest BCUT2D eigenvalue weighted by molar-refractivity contribution is 4.93. The molecular formula is C13H24O11. The minimum Gasteiger partial charge on any atom is -0.394 e. The zero-order valence-electron chi connectivity index (χ0n) is 13.0. The lowest BCUT2D eigenvalue weighted by molar-refractivity contribution is -0.364. The molecule has 0 saturated carbocycles. The van der Waals surface area contributed by atoms with Crippen molar-refractivity contribution in [3.63, 3.8) is 0 Å². The Morgan fingerprint density at radius 3 is 1.71 bits per heavy atom. The number of aliphatic hydroxyl groups is 7. The van der Waals surface area contributed by atoms with Crippen LogP contribution in [-0.2, 0) is 18.9 Å². The molecule has 142 valence electrons. The first-order valence-corrected chi connectivity index (χ1v) is 7.46. The van der Waals surface area contributed by atoms with Gasteiger partial charge in [-0.25, -0.2) is 0 Å². The first-order chi connectivity index (χ1) is 11.3. The maximum absolute atomic E-state index is 10.2. The molecular weight excluding hydrogens is 332 g/mol. The lowest BCUT2D eigenvalue weighted by atomic mass is 9.97. The molecule has 7 N–H and O–H groups in total. The zero-order valence-corrected chi connectivity index (χ0v) is 13.0. The number of ether oxygens (including phenoxy) is 4. The van der Waals surface area contributed by atoms with Crippen molar-refractivity contribution in [3.05, 3.63) is 0 Å². The second-order valence-electron chi connectivity index (χ2n) is 5.74. The van der Waals surface area contributed by atoms with E-state index >= 15 is 0 Å². The van der Waals surface area contributed by atoms with Gasteiger partial charge in [-0.1, -0.05) is 0 Å². The molecule has 10 atom stereocenters. The lowest BCUT2D eigenvalue weighted by Crippen LogP contribution is -2.64. The summed E-state index contributed by atoms with van der Waals surface area (Å²) in [7, 11) is 1.24. The molecule has 2 rings (SSSR count). The van der Waals surface area contributed by atoms with E-state index in [0.717, 1.165) is 0 Å². The maximum atomic E-state index is 10.2. The summed E-state index contributed by atoms with van der Waals surface area (Å²) in [5.41, 5.74) is 0. The quantitative estimate of drug-likeness (QED) is 0.251. The van der Waals surface area contributed by atoms with Gasteiger partial charge in [0.2, 0.25) is 0 Å². The third-order valence-corrected chi connectivity index (χ3v) is 4.20. The van der Waals surface area contributed by atoms with Gasteiger partial charge in [-0.2, -0.15) is 0 Å². The Morgan fingerprint density at radius 2 is 1.21 bits per heavy atom. The van der Waals surface area contributed by atoms with Crippen LogP contribution in [0.1, 0.15) is 0 Å². The fourth-order valence-corrected chi connectivity index (χ4v) is 2.73. The highest BCUT2D eigenvalue weighted by atomic mass is 16.8. The van der Waals surface area contributed by atoms with Crippen LogP contribution in [0.25, 0.3) is 0 Å². The van der Waals surface area contributed by atoms with Crippen LogP contribution >= 0.6 is 0 Å². The van der Waals surface area contributed by atoms with Gasteiger partial charge in [0.15, 0.2) is 12.6 Å². The molecule has 2 aliphatic rings. The molecule has 0 aliphatic carbocycles. The highest BCUT2D eigenvalue weighted by Crippen LogP contribution is 2.29. The largest absolute Gasteiger partial charge is 0.394 e. The first kappa shape index (κ1) is 19.9. The SMILES string of the molecule is CO[C@@H]1O[C@H](CO)[C@@H](O)[C@H](O)[C@H]1O[C@@H]1O[C@H](CO)[C@H](O)[C@H](O)[C@H]1O. The van der Waals surface area contributed by atoms with Gasteiger partial charge in [0.1, 0.15) is 48.8 Å². The first-order valence-electron chi connectivity index (χ1n) is 7.46. The minimum atomic E-state index is -1.68. The van der Waals surface area contributed by atoms with Crippen molar-refractivity contribution in [2.24, 2.45) is 0 Å². The third-order valence-electron chi connectivity index (χ3n) is 4.20. The average molecular weight is 356 g/mol. The Morgan fingerprint density at radius 1 is 0.708 bits per heavy atom. The van der Waals surface area contributed by atoms with Crippen molar-refractivity contribution >= 4 is 0 Å². The Labute approximate surface area is 137 Å². The van der Waals surface area contributed by atoms with E-state index in [0.29, 0.717) is 0 Å². The molecule has 0 spiro atoms. The Balaban J connectivity index is 2.12. The fourth-order valence-electron chi connectivity index (χ4n) is 2.73. The molecule has 2 saturated heterocycles. The molecule has 0 unspecified atom stereocenters. The van der Waals surface area contributed by atoms with Gasteiger partial charge in [-0.3, -0.25) is 0 Å². The van der Waals surface area contributed by atoms with Crippen molar-refractivity contribution in [3.8, 4) is 0 Å². The molecule has 2 aliphatic heterocycles. The van der Waals surface area contributed by atoms with Gasteiger partial charge in [-0.05, 0) is 0 Å². The van der Waals surface area contributed by atoms with E-state index in [2.05, 4.69) is 0 Å². The summed E-state index contributed by atoms with van der Waals surface area (Å²) < 4.78 is 20.8. The molecule has 0 aromatic heterocycles. The lowest BCUT2D eigenvalue weighted by Gasteiger charge is -2.45. The van der Waals surface area contributed by atoms with E-state index in [1.165, 1.54) is 7.11 Å². The Hall–Kier alpha value is -0.440. The molecule has 0 amide bonds. The normalized spacial score (nSPS) is 50.0. The van der Waals surface area contributed by atoms with Crippen LogP contribution in [-0.4, -0.2) is 117 Å². The van der Waals surface area contributed by atoms with Crippen LogP contribution in [0.5, 0.6) is 0 Å². The van der Waals surface area contributed by atoms with Crippen molar-refractivity contribution in [2.45, 2.75) is 61.4 Å². The van der Waals surface area contributed by atoms with Crippen LogP contribution in [0.3, 0.4) is 0 Å². The standard InChI is InChI=1S/C13H24O11/c1-21-13-11(9(19)7(17)5(3-15)23-13)24-12-10(20)8(18)6(16)4(2-14)22-12/h4-20H,2-3H2,1H3/t4-,5-,6+,7-,8+,9+,10-,11-,12+,13-/m1/s1. The van der Waals surface area contributed by atoms with Gasteiger partial charge in [-0.15, -0.1) is 0 Å². The van der Waals surface area contributed by atoms with Crippen LogP contribution < -0.4 is 0 Å². The smallest absolute Gasteiger partial charge is 0.187 e. The van der Waals surface area contributed by atoms with E-state index in [9.17, 15) is 25.5 Å². The number of rotatable bonds is 5. The summed E-state index contributed by atoms with van der Waals surface area (Å²) in [4.78, 5) is 0. The Bertz CT molecular complexity index is 392. The molecule has 24 heavy (non-hydrogen) atoms. The number of aliphatic hydroxyl groups excluding tert-OH is 7. The number of hydrogen-bond acceptors (Lipinski definition) is 11. The number of hydrogen-bond donors (Lipinski definition) is 7. The van der Waals surface area contributed by atoms with Gasteiger partial charge in [0.05, 0.1) is 13.2 Å². The summed E-state index contributed by atoms with van der Waals surface area (Å²) in [5.74, 6) is 0. The zero-order chi connectivity index (χ0) is 18.0. The number of methoxy groups -OCH3 is 1. The molecule has 0 aromatic rings. The maximum Gasteiger partial charge on any atom is 0.187 e. The van der Waals surface area contributed by atoms with Crippen LogP contribution in [0, 0.1) is 0 Å². The van der Waals surface area contributed by atoms with Crippen molar-refractivity contribution < 1.29 is 54.7 Å². The predicted molar refractivity (Wildman–Crippen MR) is 73.4 cm³/mol.